The molecule has 1 aliphatic rings. The molecule has 1 heterocycles. The number of benzene rings is 1. The van der Waals surface area contributed by atoms with E-state index in [0.29, 0.717) is 29.9 Å². The highest BCUT2D eigenvalue weighted by atomic mass is 79.9. The highest BCUT2D eigenvalue weighted by Gasteiger charge is 2.24. The van der Waals surface area contributed by atoms with Crippen LogP contribution in [0, 0.1) is 0 Å². The largest absolute Gasteiger partial charge is 0.478 e. The molecule has 2 amide bonds. The molecular formula is C13H15BrN2O4. The van der Waals surface area contributed by atoms with Gasteiger partial charge in [0.25, 0.3) is 0 Å². The second-order valence-corrected chi connectivity index (χ2v) is 5.40. The summed E-state index contributed by atoms with van der Waals surface area (Å²) in [6, 6.07) is 4.43. The van der Waals surface area contributed by atoms with Gasteiger partial charge < -0.3 is 20.1 Å². The number of hydrogen-bond acceptors (Lipinski definition) is 3. The third kappa shape index (κ3) is 3.29. The molecule has 1 aromatic carbocycles. The molecule has 1 unspecified atom stereocenters. The number of urea groups is 1. The van der Waals surface area contributed by atoms with Crippen LogP contribution in [0.1, 0.15) is 17.3 Å². The Morgan fingerprint density at radius 2 is 2.25 bits per heavy atom. The number of rotatable bonds is 2. The van der Waals surface area contributed by atoms with Gasteiger partial charge in [0.1, 0.15) is 0 Å². The van der Waals surface area contributed by atoms with Gasteiger partial charge in [0, 0.05) is 16.7 Å². The quantitative estimate of drug-likeness (QED) is 0.864. The highest BCUT2D eigenvalue weighted by molar-refractivity contribution is 9.10. The molecule has 1 aliphatic heterocycles. The summed E-state index contributed by atoms with van der Waals surface area (Å²) >= 11 is 3.16. The number of carboxylic acids is 1. The lowest BCUT2D eigenvalue weighted by Gasteiger charge is -2.33. The number of halogens is 1. The van der Waals surface area contributed by atoms with Crippen LogP contribution in [0.4, 0.5) is 10.5 Å². The fourth-order valence-corrected chi connectivity index (χ4v) is 2.41. The van der Waals surface area contributed by atoms with E-state index >= 15 is 0 Å². The molecule has 2 rings (SSSR count). The van der Waals surface area contributed by atoms with Gasteiger partial charge in [0.15, 0.2) is 0 Å². The van der Waals surface area contributed by atoms with E-state index in [1.54, 1.807) is 17.0 Å². The van der Waals surface area contributed by atoms with Crippen molar-refractivity contribution in [2.45, 2.75) is 13.0 Å². The number of nitrogens with one attached hydrogen (secondary N) is 1. The zero-order valence-electron chi connectivity index (χ0n) is 10.9. The maximum absolute atomic E-state index is 12.1. The molecule has 2 N–H and O–H groups in total. The lowest BCUT2D eigenvalue weighted by atomic mass is 10.2. The topological polar surface area (TPSA) is 78.9 Å². The number of carbonyl (C=O) groups is 2. The Bertz CT molecular complexity index is 535. The van der Waals surface area contributed by atoms with Crippen LogP contribution in [0.15, 0.2) is 22.7 Å². The molecule has 1 aromatic rings. The van der Waals surface area contributed by atoms with Crippen LogP contribution in [-0.4, -0.2) is 47.8 Å². The number of carbonyl (C=O) groups excluding carboxylic acids is 1. The number of ether oxygens (including phenoxy) is 1. The number of amides is 2. The van der Waals surface area contributed by atoms with Crippen molar-refractivity contribution in [1.82, 2.24) is 4.90 Å². The first-order chi connectivity index (χ1) is 9.49. The van der Waals surface area contributed by atoms with E-state index in [1.807, 2.05) is 6.92 Å². The predicted molar refractivity (Wildman–Crippen MR) is 77.1 cm³/mol. The number of nitrogens with zero attached hydrogens (tertiary/aromatic N) is 1. The zero-order chi connectivity index (χ0) is 14.7. The second kappa shape index (κ2) is 6.23. The van der Waals surface area contributed by atoms with E-state index in [0.717, 1.165) is 0 Å². The molecule has 0 aromatic heterocycles. The molecule has 0 radical (unpaired) electrons. The molecular weight excluding hydrogens is 328 g/mol. The van der Waals surface area contributed by atoms with Crippen molar-refractivity contribution in [2.24, 2.45) is 0 Å². The van der Waals surface area contributed by atoms with Crippen molar-refractivity contribution in [3.05, 3.63) is 28.2 Å². The number of morpholine rings is 1. The Morgan fingerprint density at radius 1 is 1.50 bits per heavy atom. The fraction of sp³-hybridized carbons (Fsp3) is 0.385. The molecule has 1 fully saturated rings. The minimum Gasteiger partial charge on any atom is -0.478 e. The minimum absolute atomic E-state index is 0.00172. The molecule has 1 atom stereocenters. The van der Waals surface area contributed by atoms with Gasteiger partial charge in [0.2, 0.25) is 0 Å². The van der Waals surface area contributed by atoms with Crippen molar-refractivity contribution in [2.75, 3.05) is 25.1 Å². The number of aromatic carboxylic acids is 1. The van der Waals surface area contributed by atoms with Crippen LogP contribution in [0.5, 0.6) is 0 Å². The lowest BCUT2D eigenvalue weighted by Crippen LogP contribution is -2.48. The molecule has 0 bridgehead atoms. The second-order valence-electron chi connectivity index (χ2n) is 4.55. The van der Waals surface area contributed by atoms with Gasteiger partial charge in [-0.05, 0) is 41.1 Å². The number of carboxylic acid groups (broad SMARTS) is 1. The lowest BCUT2D eigenvalue weighted by molar-refractivity contribution is 0.0221. The monoisotopic (exact) mass is 342 g/mol. The summed E-state index contributed by atoms with van der Waals surface area (Å²) in [6.45, 7) is 3.45. The number of hydrogen-bond donors (Lipinski definition) is 2. The normalized spacial score (nSPS) is 18.7. The maximum Gasteiger partial charge on any atom is 0.336 e. The summed E-state index contributed by atoms with van der Waals surface area (Å²) < 4.78 is 5.75. The molecule has 7 heteroatoms. The van der Waals surface area contributed by atoms with Crippen LogP contribution in [0.3, 0.4) is 0 Å². The Labute approximate surface area is 124 Å². The Balaban J connectivity index is 2.11. The first-order valence-electron chi connectivity index (χ1n) is 6.17. The van der Waals surface area contributed by atoms with E-state index < -0.39 is 5.97 Å². The van der Waals surface area contributed by atoms with Gasteiger partial charge in [-0.25, -0.2) is 9.59 Å². The molecule has 0 saturated carbocycles. The third-order valence-electron chi connectivity index (χ3n) is 3.08. The van der Waals surface area contributed by atoms with Gasteiger partial charge >= 0.3 is 12.0 Å². The molecule has 20 heavy (non-hydrogen) atoms. The van der Waals surface area contributed by atoms with Gasteiger partial charge in [0.05, 0.1) is 24.8 Å². The van der Waals surface area contributed by atoms with E-state index in [4.69, 9.17) is 9.84 Å². The summed E-state index contributed by atoms with van der Waals surface area (Å²) in [7, 11) is 0. The average molecular weight is 343 g/mol. The van der Waals surface area contributed by atoms with Gasteiger partial charge in [-0.1, -0.05) is 0 Å². The van der Waals surface area contributed by atoms with Crippen LogP contribution in [-0.2, 0) is 4.74 Å². The van der Waals surface area contributed by atoms with Crippen molar-refractivity contribution in [1.29, 1.82) is 0 Å². The van der Waals surface area contributed by atoms with Crippen molar-refractivity contribution < 1.29 is 19.4 Å². The van der Waals surface area contributed by atoms with E-state index in [-0.39, 0.29) is 17.6 Å². The average Bonchev–Trinajstić information content (AvgIpc) is 2.41. The maximum atomic E-state index is 12.1. The zero-order valence-corrected chi connectivity index (χ0v) is 12.5. The standard InChI is InChI=1S/C13H15BrN2O4/c1-8-7-20-5-4-16(8)13(19)15-9-2-3-11(14)10(6-9)12(17)18/h2-3,6,8H,4-5,7H2,1H3,(H,15,19)(H,17,18). The molecule has 0 aliphatic carbocycles. The van der Waals surface area contributed by atoms with Gasteiger partial charge in [-0.2, -0.15) is 0 Å². The molecule has 6 nitrogen and oxygen atoms in total. The van der Waals surface area contributed by atoms with Crippen LogP contribution in [0.25, 0.3) is 0 Å². The van der Waals surface area contributed by atoms with E-state index in [2.05, 4.69) is 21.2 Å². The summed E-state index contributed by atoms with van der Waals surface area (Å²) in [4.78, 5) is 24.9. The fourth-order valence-electron chi connectivity index (χ4n) is 1.99. The van der Waals surface area contributed by atoms with Crippen molar-refractivity contribution in [3.8, 4) is 0 Å². The smallest absolute Gasteiger partial charge is 0.336 e. The molecule has 108 valence electrons. The first kappa shape index (κ1) is 14.8. The Morgan fingerprint density at radius 3 is 2.90 bits per heavy atom. The predicted octanol–water partition coefficient (Wildman–Crippen LogP) is 2.40. The third-order valence-corrected chi connectivity index (χ3v) is 3.77. The number of anilines is 1. The molecule has 0 spiro atoms. The van der Waals surface area contributed by atoms with Crippen LogP contribution >= 0.6 is 15.9 Å². The van der Waals surface area contributed by atoms with E-state index in [1.165, 1.54) is 6.07 Å². The summed E-state index contributed by atoms with van der Waals surface area (Å²) in [5, 5.41) is 11.8. The van der Waals surface area contributed by atoms with Gasteiger partial charge in [-0.15, -0.1) is 0 Å². The molecule has 1 saturated heterocycles. The highest BCUT2D eigenvalue weighted by Crippen LogP contribution is 2.21. The summed E-state index contributed by atoms with van der Waals surface area (Å²) in [5.41, 5.74) is 0.562. The van der Waals surface area contributed by atoms with E-state index in [9.17, 15) is 9.59 Å². The van der Waals surface area contributed by atoms with Gasteiger partial charge in [-0.3, -0.25) is 0 Å². The van der Waals surface area contributed by atoms with Crippen LogP contribution in [0.2, 0.25) is 0 Å². The minimum atomic E-state index is -1.05. The Hall–Kier alpha value is -1.60. The summed E-state index contributed by atoms with van der Waals surface area (Å²) in [5.74, 6) is -1.05. The van der Waals surface area contributed by atoms with Crippen molar-refractivity contribution in [3.63, 3.8) is 0 Å². The summed E-state index contributed by atoms with van der Waals surface area (Å²) in [6.07, 6.45) is 0. The SMILES string of the molecule is CC1COCCN1C(=O)Nc1ccc(Br)c(C(=O)O)c1. The van der Waals surface area contributed by atoms with Crippen molar-refractivity contribution >= 4 is 33.6 Å². The first-order valence-corrected chi connectivity index (χ1v) is 6.96. The Kier molecular flexibility index (Phi) is 4.61. The van der Waals surface area contributed by atoms with Crippen LogP contribution < -0.4 is 5.32 Å².